The molecule has 9 rings (SSSR count). The number of benzene rings is 2. The van der Waals surface area contributed by atoms with Crippen molar-refractivity contribution >= 4 is 44.6 Å². The first-order valence-electron chi connectivity index (χ1n) is 23.8. The van der Waals surface area contributed by atoms with E-state index in [1.165, 1.54) is 11.0 Å². The van der Waals surface area contributed by atoms with Crippen molar-refractivity contribution in [1.29, 1.82) is 0 Å². The Labute approximate surface area is 391 Å². The van der Waals surface area contributed by atoms with Gasteiger partial charge >= 0.3 is 6.09 Å². The monoisotopic (exact) mass is 943 g/mol. The van der Waals surface area contributed by atoms with E-state index in [1.54, 1.807) is 50.4 Å². The molecule has 4 amide bonds. The molecule has 0 radical (unpaired) electrons. The highest BCUT2D eigenvalue weighted by Crippen LogP contribution is 2.53. The molecule has 67 heavy (non-hydrogen) atoms. The van der Waals surface area contributed by atoms with Crippen LogP contribution in [0.1, 0.15) is 98.8 Å². The molecule has 15 nitrogen and oxygen atoms in total. The number of methoxy groups -OCH3 is 1. The molecule has 2 aliphatic heterocycles. The summed E-state index contributed by atoms with van der Waals surface area (Å²) >= 11 is 0. The van der Waals surface area contributed by atoms with Gasteiger partial charge in [0.05, 0.1) is 30.2 Å². The van der Waals surface area contributed by atoms with Gasteiger partial charge in [-0.05, 0) is 150 Å². The Balaban J connectivity index is 1.06. The number of sulfonamides is 1. The van der Waals surface area contributed by atoms with Gasteiger partial charge in [-0.2, -0.15) is 0 Å². The molecule has 2 unspecified atom stereocenters. The van der Waals surface area contributed by atoms with Gasteiger partial charge < -0.3 is 34.5 Å². The van der Waals surface area contributed by atoms with E-state index in [0.29, 0.717) is 65.3 Å². The van der Waals surface area contributed by atoms with E-state index in [9.17, 15) is 22.8 Å². The molecule has 3 aromatic rings. The van der Waals surface area contributed by atoms with Crippen LogP contribution >= 0.6 is 0 Å². The minimum absolute atomic E-state index is 0.0433. The smallest absolute Gasteiger partial charge is 0.408 e. The summed E-state index contributed by atoms with van der Waals surface area (Å²) in [6.07, 6.45) is 7.49. The quantitative estimate of drug-likeness (QED) is 0.168. The van der Waals surface area contributed by atoms with E-state index >= 15 is 9.18 Å². The second kappa shape index (κ2) is 17.9. The summed E-state index contributed by atoms with van der Waals surface area (Å²) in [7, 11) is -2.50. The number of fused-ring (bicyclic) bond motifs is 4. The van der Waals surface area contributed by atoms with Crippen LogP contribution in [0.15, 0.2) is 54.6 Å². The van der Waals surface area contributed by atoms with Crippen molar-refractivity contribution in [3.8, 4) is 28.6 Å². The summed E-state index contributed by atoms with van der Waals surface area (Å²) < 4.78 is 67.1. The lowest BCUT2D eigenvalue weighted by Crippen LogP contribution is -2.59. The molecule has 1 saturated heterocycles. The molecule has 5 fully saturated rings. The molecule has 2 aromatic carbocycles. The fourth-order valence-electron chi connectivity index (χ4n) is 10.4. The second-order valence-corrected chi connectivity index (χ2v) is 22.7. The molecule has 360 valence electrons. The number of carbonyl (C=O) groups excluding carboxylic acids is 4. The van der Waals surface area contributed by atoms with Crippen LogP contribution in [0.2, 0.25) is 0 Å². The van der Waals surface area contributed by atoms with Crippen LogP contribution in [0.5, 0.6) is 17.4 Å². The van der Waals surface area contributed by atoms with Crippen LogP contribution in [0.4, 0.5) is 9.18 Å². The van der Waals surface area contributed by atoms with Gasteiger partial charge in [0, 0.05) is 23.3 Å². The third-order valence-electron chi connectivity index (χ3n) is 14.9. The zero-order valence-electron chi connectivity index (χ0n) is 39.0. The largest absolute Gasteiger partial charge is 0.497 e. The molecule has 4 saturated carbocycles. The second-order valence-electron chi connectivity index (χ2n) is 20.5. The highest BCUT2D eigenvalue weighted by molar-refractivity contribution is 7.91. The third-order valence-corrected chi connectivity index (χ3v) is 17.0. The van der Waals surface area contributed by atoms with Crippen LogP contribution in [0.25, 0.3) is 22.0 Å². The Morgan fingerprint density at radius 2 is 1.75 bits per heavy atom. The predicted octanol–water partition coefficient (Wildman–Crippen LogP) is 6.96. The average molecular weight is 944 g/mol. The van der Waals surface area contributed by atoms with Crippen LogP contribution in [0, 0.1) is 35.4 Å². The van der Waals surface area contributed by atoms with E-state index in [1.807, 2.05) is 32.9 Å². The number of halogens is 1. The predicted molar refractivity (Wildman–Crippen MR) is 247 cm³/mol. The fourth-order valence-corrected chi connectivity index (χ4v) is 11.7. The number of hydrogen-bond donors (Lipinski definition) is 3. The number of alkyl carbamates (subject to hydrolysis) is 1. The Morgan fingerprint density at radius 1 is 0.985 bits per heavy atom. The van der Waals surface area contributed by atoms with E-state index < -0.39 is 74.0 Å². The van der Waals surface area contributed by atoms with Crippen molar-refractivity contribution < 1.29 is 50.9 Å². The number of allylic oxidation sites excluding steroid dienone is 1. The molecular weight excluding hydrogens is 882 g/mol. The number of pyridine rings is 1. The number of carbonyl (C=O) groups is 4. The maximum Gasteiger partial charge on any atom is 0.408 e. The first kappa shape index (κ1) is 46.7. The highest BCUT2D eigenvalue weighted by atomic mass is 32.2. The maximum absolute atomic E-state index is 15.4. The first-order valence-corrected chi connectivity index (χ1v) is 25.3. The fraction of sp³-hybridized carbons (Fsp3) is 0.580. The van der Waals surface area contributed by atoms with E-state index in [4.69, 9.17) is 23.9 Å². The van der Waals surface area contributed by atoms with Gasteiger partial charge in [-0.25, -0.2) is 22.6 Å². The highest BCUT2D eigenvalue weighted by Gasteiger charge is 2.63. The number of aromatic nitrogens is 1. The zero-order chi connectivity index (χ0) is 47.6. The first-order chi connectivity index (χ1) is 31.8. The van der Waals surface area contributed by atoms with Gasteiger partial charge in [0.2, 0.25) is 27.7 Å². The van der Waals surface area contributed by atoms with Gasteiger partial charge in [0.15, 0.2) is 11.6 Å². The van der Waals surface area contributed by atoms with Crippen LogP contribution < -0.4 is 29.6 Å². The molecule has 10 atom stereocenters. The lowest BCUT2D eigenvalue weighted by Gasteiger charge is -2.33. The number of ether oxygens (including phenoxy) is 4. The minimum atomic E-state index is -4.05. The molecule has 0 bridgehead atoms. The van der Waals surface area contributed by atoms with Crippen molar-refractivity contribution in [3.05, 3.63) is 60.4 Å². The van der Waals surface area contributed by atoms with Gasteiger partial charge in [-0.15, -0.1) is 0 Å². The van der Waals surface area contributed by atoms with Crippen molar-refractivity contribution in [2.45, 2.75) is 140 Å². The minimum Gasteiger partial charge on any atom is -0.497 e. The van der Waals surface area contributed by atoms with Gasteiger partial charge in [-0.3, -0.25) is 19.1 Å². The van der Waals surface area contributed by atoms with Gasteiger partial charge in [-0.1, -0.05) is 26.0 Å². The summed E-state index contributed by atoms with van der Waals surface area (Å²) in [4.78, 5) is 64.1. The lowest BCUT2D eigenvalue weighted by molar-refractivity contribution is -0.142. The molecule has 6 aliphatic rings. The summed E-state index contributed by atoms with van der Waals surface area (Å²) in [5, 5.41) is 7.11. The molecule has 4 aliphatic carbocycles. The van der Waals surface area contributed by atoms with Crippen LogP contribution in [-0.2, 0) is 29.1 Å². The Hall–Kier alpha value is -5.45. The number of amides is 4. The topological polar surface area (TPSA) is 192 Å². The summed E-state index contributed by atoms with van der Waals surface area (Å²) in [5.74, 6) is -1.36. The standard InChI is InChI=1S/C50H62FN5O10S/c1-27(2)64-42-14-11-30(22-39(42)51)40-23-33-21-35(63-6)12-13-38(33)45(52-40)65-37-24-41-44(57)54-50(47(59)55-67(61,62)49(5)15-16-49)25-34(50)10-8-7-9-28(3)17-29(4)43(46(58)56(41)26-37)53-48(60)66-36-19-31-18-32(31)20-36/h8,10-14,21-23,27-29,31-32,34,36-37,41,43H,7,9,15-20,24-26H2,1-6H3,(H,53,60)(H,54,57)(H,55,59)/b10-8-/t28-,29+,31-,32+,34?,36?,37+,41-,43-,50+/m0/s1. The van der Waals surface area contributed by atoms with Gasteiger partial charge in [0.25, 0.3) is 5.91 Å². The third kappa shape index (κ3) is 9.66. The maximum atomic E-state index is 15.4. The van der Waals surface area contributed by atoms with E-state index in [-0.39, 0.29) is 55.1 Å². The number of nitrogens with zero attached hydrogens (tertiary/aromatic N) is 2. The summed E-state index contributed by atoms with van der Waals surface area (Å²) in [6, 6.07) is 9.43. The van der Waals surface area contributed by atoms with Crippen molar-refractivity contribution in [2.75, 3.05) is 13.7 Å². The molecule has 3 N–H and O–H groups in total. The van der Waals surface area contributed by atoms with Crippen molar-refractivity contribution in [3.63, 3.8) is 0 Å². The normalized spacial score (nSPS) is 31.5. The molecule has 3 heterocycles. The SMILES string of the molecule is COc1ccc2c(O[C@@H]3C[C@H]4C(=O)N[C@]5(C(=O)NS(=O)(=O)C6(C)CC6)CC5/C=C\CC[C@H](C)C[C@@H](C)[C@H](NC(=O)OC5C[C@@H]6C[C@@H]6C5)C(=O)N4C3)nc(-c3ccc(OC(C)C)c(F)c3)cc2c1. The van der Waals surface area contributed by atoms with Crippen molar-refractivity contribution in [1.82, 2.24) is 25.2 Å². The average Bonchev–Trinajstić information content (AvgIpc) is 4.24. The summed E-state index contributed by atoms with van der Waals surface area (Å²) in [6.45, 7) is 9.09. The molecule has 0 spiro atoms. The summed E-state index contributed by atoms with van der Waals surface area (Å²) in [5.41, 5.74) is -0.753. The van der Waals surface area contributed by atoms with Crippen LogP contribution in [0.3, 0.4) is 0 Å². The van der Waals surface area contributed by atoms with E-state index in [0.717, 1.165) is 25.7 Å². The number of nitrogens with one attached hydrogen (secondary N) is 3. The van der Waals surface area contributed by atoms with E-state index in [2.05, 4.69) is 22.3 Å². The molecule has 1 aromatic heterocycles. The number of rotatable bonds is 11. The molecular formula is C50H62FN5O10S. The Kier molecular flexibility index (Phi) is 12.5. The van der Waals surface area contributed by atoms with Gasteiger partial charge in [0.1, 0.15) is 35.6 Å². The zero-order valence-corrected chi connectivity index (χ0v) is 39.8. The van der Waals surface area contributed by atoms with Crippen molar-refractivity contribution in [2.24, 2.45) is 29.6 Å². The number of hydrogen-bond acceptors (Lipinski definition) is 11. The lowest BCUT2D eigenvalue weighted by atomic mass is 9.88. The molecule has 17 heteroatoms. The Morgan fingerprint density at radius 3 is 2.45 bits per heavy atom. The Bertz CT molecular complexity index is 2590. The van der Waals surface area contributed by atoms with Crippen LogP contribution in [-0.4, -0.2) is 96.5 Å².